The Morgan fingerprint density at radius 1 is 0.452 bits per heavy atom. The lowest BCUT2D eigenvalue weighted by atomic mass is 9.97. The second-order valence-corrected chi connectivity index (χ2v) is 10.6. The normalized spacial score (nSPS) is 11.8. The van der Waals surface area contributed by atoms with Crippen LogP contribution in [0.5, 0.6) is 0 Å². The van der Waals surface area contributed by atoms with Crippen LogP contribution in [0.1, 0.15) is 0 Å². The molecule has 0 radical (unpaired) electrons. The highest BCUT2D eigenvalue weighted by Crippen LogP contribution is 2.44. The van der Waals surface area contributed by atoms with E-state index in [0.717, 1.165) is 50.5 Å². The van der Waals surface area contributed by atoms with Gasteiger partial charge >= 0.3 is 0 Å². The summed E-state index contributed by atoms with van der Waals surface area (Å²) in [6, 6.07) is 49.1. The molecule has 4 heterocycles. The molecule has 0 aliphatic rings. The molecule has 42 heavy (non-hydrogen) atoms. The largest absolute Gasteiger partial charge is 0.294 e. The number of nitrogens with zero attached hydrogens (tertiary/aromatic N) is 4. The van der Waals surface area contributed by atoms with Crippen molar-refractivity contribution in [3.8, 4) is 28.5 Å². The van der Waals surface area contributed by atoms with Crippen molar-refractivity contribution in [2.45, 2.75) is 0 Å². The zero-order chi connectivity index (χ0) is 27.6. The summed E-state index contributed by atoms with van der Waals surface area (Å²) in [6.07, 6.45) is 1.86. The van der Waals surface area contributed by atoms with Crippen molar-refractivity contribution in [3.63, 3.8) is 0 Å². The van der Waals surface area contributed by atoms with Gasteiger partial charge in [0.25, 0.3) is 0 Å². The van der Waals surface area contributed by atoms with Crippen LogP contribution in [-0.4, -0.2) is 18.9 Å². The van der Waals surface area contributed by atoms with E-state index in [1.807, 2.05) is 18.3 Å². The average Bonchev–Trinajstić information content (AvgIpc) is 3.63. The first kappa shape index (κ1) is 23.0. The van der Waals surface area contributed by atoms with Gasteiger partial charge in [-0.2, -0.15) is 0 Å². The van der Waals surface area contributed by atoms with Crippen molar-refractivity contribution in [3.05, 3.63) is 146 Å². The van der Waals surface area contributed by atoms with Crippen molar-refractivity contribution in [1.82, 2.24) is 18.9 Å². The molecule has 4 heteroatoms. The van der Waals surface area contributed by atoms with E-state index < -0.39 is 0 Å². The molecule has 0 fully saturated rings. The maximum absolute atomic E-state index is 5.37. The van der Waals surface area contributed by atoms with Gasteiger partial charge in [-0.3, -0.25) is 8.97 Å². The molecule has 0 unspecified atom stereocenters. The molecule has 0 atom stereocenters. The lowest BCUT2D eigenvalue weighted by Crippen LogP contribution is -1.97. The predicted molar refractivity (Wildman–Crippen MR) is 173 cm³/mol. The van der Waals surface area contributed by atoms with Crippen LogP contribution < -0.4 is 0 Å². The maximum atomic E-state index is 5.37. The Morgan fingerprint density at radius 3 is 1.83 bits per heavy atom. The van der Waals surface area contributed by atoms with E-state index in [1.165, 1.54) is 26.9 Å². The van der Waals surface area contributed by atoms with E-state index in [2.05, 4.69) is 136 Å². The third-order valence-electron chi connectivity index (χ3n) is 8.34. The number of para-hydroxylation sites is 2. The minimum absolute atomic E-state index is 0.911. The highest BCUT2D eigenvalue weighted by atomic mass is 15.1. The fourth-order valence-electron chi connectivity index (χ4n) is 6.63. The van der Waals surface area contributed by atoms with Crippen LogP contribution in [0.4, 0.5) is 0 Å². The van der Waals surface area contributed by atoms with Gasteiger partial charge in [0.1, 0.15) is 11.6 Å². The molecule has 0 saturated heterocycles. The number of imidazole rings is 1. The van der Waals surface area contributed by atoms with Crippen LogP contribution in [0, 0.1) is 0 Å². The van der Waals surface area contributed by atoms with Crippen LogP contribution in [0.25, 0.3) is 77.5 Å². The van der Waals surface area contributed by atoms with Crippen LogP contribution in [0.2, 0.25) is 0 Å². The zero-order valence-electron chi connectivity index (χ0n) is 22.6. The van der Waals surface area contributed by atoms with Gasteiger partial charge < -0.3 is 0 Å². The Labute approximate surface area is 241 Å². The Bertz CT molecular complexity index is 2440. The zero-order valence-corrected chi connectivity index (χ0v) is 22.6. The molecule has 4 nitrogen and oxygen atoms in total. The monoisotopic (exact) mass is 536 g/mol. The van der Waals surface area contributed by atoms with Gasteiger partial charge in [0.15, 0.2) is 0 Å². The van der Waals surface area contributed by atoms with Gasteiger partial charge in [-0.1, -0.05) is 109 Å². The molecule has 9 rings (SSSR count). The molecular weight excluding hydrogens is 512 g/mol. The standard InChI is InChI=1S/C38H24N4/c1-3-13-25(14-4-1)36-37-29-22-23-32-35(28-18-8-9-19-30(28)41(32)33-21-11-12-24-39-33)34(29)27-17-7-10-20-31(27)42(37)38(40-36)26-15-5-2-6-16-26/h1-24H. The number of pyridine rings is 2. The van der Waals surface area contributed by atoms with Gasteiger partial charge in [0.05, 0.1) is 27.8 Å². The first-order valence-corrected chi connectivity index (χ1v) is 14.2. The number of aromatic nitrogens is 4. The summed E-state index contributed by atoms with van der Waals surface area (Å²) in [5, 5.41) is 6.05. The fourth-order valence-corrected chi connectivity index (χ4v) is 6.63. The van der Waals surface area contributed by atoms with E-state index in [9.17, 15) is 0 Å². The second kappa shape index (κ2) is 8.88. The third-order valence-corrected chi connectivity index (χ3v) is 8.34. The molecule has 9 aromatic rings. The van der Waals surface area contributed by atoms with Crippen LogP contribution in [0.15, 0.2) is 146 Å². The summed E-state index contributed by atoms with van der Waals surface area (Å²) in [5.41, 5.74) is 7.71. The first-order chi connectivity index (χ1) is 20.9. The molecule has 0 bridgehead atoms. The SMILES string of the molecule is c1ccc(-c2nc(-c3ccccc3)n3c4ccccc4c4c(ccc5c4c4ccccc4n5-c4ccccn4)c23)cc1. The summed E-state index contributed by atoms with van der Waals surface area (Å²) < 4.78 is 4.64. The molecule has 0 saturated carbocycles. The quantitative estimate of drug-likeness (QED) is 0.211. The lowest BCUT2D eigenvalue weighted by molar-refractivity contribution is 1.08. The summed E-state index contributed by atoms with van der Waals surface area (Å²) >= 11 is 0. The Kier molecular flexibility index (Phi) is 4.87. The molecular formula is C38H24N4. The molecule has 196 valence electrons. The number of fused-ring (bicyclic) bond motifs is 10. The third kappa shape index (κ3) is 3.17. The van der Waals surface area contributed by atoms with Gasteiger partial charge in [0, 0.05) is 44.3 Å². The summed E-state index contributed by atoms with van der Waals surface area (Å²) in [4.78, 5) is 10.1. The minimum atomic E-state index is 0.911. The van der Waals surface area contributed by atoms with Crippen molar-refractivity contribution in [2.24, 2.45) is 0 Å². The summed E-state index contributed by atoms with van der Waals surface area (Å²) in [7, 11) is 0. The number of benzene rings is 5. The number of hydrogen-bond acceptors (Lipinski definition) is 2. The van der Waals surface area contributed by atoms with Crippen LogP contribution in [-0.2, 0) is 0 Å². The van der Waals surface area contributed by atoms with Gasteiger partial charge in [-0.15, -0.1) is 0 Å². The highest BCUT2D eigenvalue weighted by molar-refractivity contribution is 6.31. The van der Waals surface area contributed by atoms with Crippen molar-refractivity contribution in [1.29, 1.82) is 0 Å². The van der Waals surface area contributed by atoms with Crippen LogP contribution in [0.3, 0.4) is 0 Å². The van der Waals surface area contributed by atoms with Gasteiger partial charge in [-0.05, 0) is 30.3 Å². The summed E-state index contributed by atoms with van der Waals surface area (Å²) in [6.45, 7) is 0. The molecule has 0 spiro atoms. The first-order valence-electron chi connectivity index (χ1n) is 14.2. The summed E-state index contributed by atoms with van der Waals surface area (Å²) in [5.74, 6) is 1.85. The minimum Gasteiger partial charge on any atom is -0.294 e. The van der Waals surface area contributed by atoms with E-state index in [4.69, 9.17) is 9.97 Å². The van der Waals surface area contributed by atoms with Crippen molar-refractivity contribution >= 4 is 49.0 Å². The molecule has 0 amide bonds. The molecule has 4 aromatic heterocycles. The van der Waals surface area contributed by atoms with Crippen molar-refractivity contribution in [2.75, 3.05) is 0 Å². The number of rotatable bonds is 3. The second-order valence-electron chi connectivity index (χ2n) is 10.6. The van der Waals surface area contributed by atoms with E-state index in [-0.39, 0.29) is 0 Å². The molecule has 5 aromatic carbocycles. The predicted octanol–water partition coefficient (Wildman–Crippen LogP) is 9.47. The average molecular weight is 537 g/mol. The van der Waals surface area contributed by atoms with Crippen molar-refractivity contribution < 1.29 is 0 Å². The number of hydrogen-bond donors (Lipinski definition) is 0. The Balaban J connectivity index is 1.56. The van der Waals surface area contributed by atoms with E-state index >= 15 is 0 Å². The van der Waals surface area contributed by atoms with Gasteiger partial charge in [0.2, 0.25) is 0 Å². The van der Waals surface area contributed by atoms with E-state index in [1.54, 1.807) is 0 Å². The highest BCUT2D eigenvalue weighted by Gasteiger charge is 2.23. The molecule has 0 aliphatic carbocycles. The lowest BCUT2D eigenvalue weighted by Gasteiger charge is -2.13. The maximum Gasteiger partial charge on any atom is 0.145 e. The smallest absolute Gasteiger partial charge is 0.145 e. The van der Waals surface area contributed by atoms with E-state index in [0.29, 0.717) is 0 Å². The molecule has 0 aliphatic heterocycles. The Morgan fingerprint density at radius 2 is 1.10 bits per heavy atom. The topological polar surface area (TPSA) is 35.1 Å². The Hall–Kier alpha value is -5.74. The molecule has 0 N–H and O–H groups in total. The fraction of sp³-hybridized carbons (Fsp3) is 0. The van der Waals surface area contributed by atoms with Crippen LogP contribution >= 0.6 is 0 Å². The van der Waals surface area contributed by atoms with Gasteiger partial charge in [-0.25, -0.2) is 9.97 Å².